The van der Waals surface area contributed by atoms with E-state index in [1.165, 1.54) is 16.8 Å². The first-order valence-corrected chi connectivity index (χ1v) is 6.88. The van der Waals surface area contributed by atoms with Crippen molar-refractivity contribution in [1.29, 1.82) is 0 Å². The fourth-order valence-electron chi connectivity index (χ4n) is 1.83. The van der Waals surface area contributed by atoms with E-state index in [0.717, 1.165) is 0 Å². The Balaban J connectivity index is 1.96. The Morgan fingerprint density at radius 1 is 1.38 bits per heavy atom. The number of benzene rings is 1. The van der Waals surface area contributed by atoms with Crippen molar-refractivity contribution >= 4 is 5.91 Å². The molecular formula is C15H18FN3O2. The molecule has 1 unspecified atom stereocenters. The first-order chi connectivity index (χ1) is 10.1. The highest BCUT2D eigenvalue weighted by molar-refractivity contribution is 5.92. The second-order valence-electron chi connectivity index (χ2n) is 4.73. The lowest BCUT2D eigenvalue weighted by Crippen LogP contribution is -2.27. The molecule has 1 amide bonds. The summed E-state index contributed by atoms with van der Waals surface area (Å²) in [4.78, 5) is 11.9. The maximum absolute atomic E-state index is 12.9. The zero-order valence-electron chi connectivity index (χ0n) is 11.8. The van der Waals surface area contributed by atoms with Crippen LogP contribution in [0.5, 0.6) is 0 Å². The molecule has 0 fully saturated rings. The maximum atomic E-state index is 12.9. The Labute approximate surface area is 122 Å². The van der Waals surface area contributed by atoms with Crippen LogP contribution >= 0.6 is 0 Å². The molecule has 1 aromatic heterocycles. The molecule has 0 saturated carbocycles. The minimum Gasteiger partial charge on any atom is -0.393 e. The molecule has 112 valence electrons. The molecule has 21 heavy (non-hydrogen) atoms. The van der Waals surface area contributed by atoms with E-state index in [1.54, 1.807) is 24.4 Å². The Morgan fingerprint density at radius 2 is 2.10 bits per heavy atom. The number of amides is 1. The summed E-state index contributed by atoms with van der Waals surface area (Å²) < 4.78 is 14.4. The number of nitrogens with zero attached hydrogens (tertiary/aromatic N) is 2. The highest BCUT2D eigenvalue weighted by atomic mass is 19.1. The van der Waals surface area contributed by atoms with Crippen LogP contribution in [0.1, 0.15) is 30.3 Å². The Hall–Kier alpha value is -2.21. The molecule has 0 saturated heterocycles. The zero-order chi connectivity index (χ0) is 15.2. The molecule has 1 heterocycles. The van der Waals surface area contributed by atoms with Crippen molar-refractivity contribution in [2.45, 2.75) is 25.9 Å². The molecule has 2 rings (SSSR count). The van der Waals surface area contributed by atoms with Crippen LogP contribution < -0.4 is 5.32 Å². The molecule has 0 aliphatic carbocycles. The van der Waals surface area contributed by atoms with Gasteiger partial charge < -0.3 is 10.4 Å². The monoisotopic (exact) mass is 291 g/mol. The number of nitrogens with one attached hydrogen (secondary N) is 1. The lowest BCUT2D eigenvalue weighted by atomic mass is 10.2. The number of aliphatic hydroxyl groups is 1. The van der Waals surface area contributed by atoms with E-state index in [9.17, 15) is 14.3 Å². The molecule has 0 aliphatic heterocycles. The number of hydrogen-bond acceptors (Lipinski definition) is 3. The highest BCUT2D eigenvalue weighted by Crippen LogP contribution is 2.09. The fourth-order valence-corrected chi connectivity index (χ4v) is 1.83. The Bertz CT molecular complexity index is 595. The summed E-state index contributed by atoms with van der Waals surface area (Å²) in [6, 6.07) is 7.43. The fraction of sp³-hybridized carbons (Fsp3) is 0.333. The molecule has 0 aliphatic rings. The first kappa shape index (κ1) is 15.2. The van der Waals surface area contributed by atoms with E-state index in [0.29, 0.717) is 25.1 Å². The minimum absolute atomic E-state index is 0.283. The summed E-state index contributed by atoms with van der Waals surface area (Å²) in [5.74, 6) is -0.613. The Kier molecular flexibility index (Phi) is 5.05. The van der Waals surface area contributed by atoms with Gasteiger partial charge in [0.15, 0.2) is 5.69 Å². The SMILES string of the molecule is CCC(O)CCNC(=O)c1ccn(-c2ccc(F)cc2)n1. The lowest BCUT2D eigenvalue weighted by Gasteiger charge is -2.07. The molecule has 0 spiro atoms. The van der Waals surface area contributed by atoms with Gasteiger partial charge in [0.2, 0.25) is 0 Å². The van der Waals surface area contributed by atoms with Gasteiger partial charge in [0.05, 0.1) is 11.8 Å². The number of hydrogen-bond donors (Lipinski definition) is 2. The molecule has 5 nitrogen and oxygen atoms in total. The van der Waals surface area contributed by atoms with Crippen LogP contribution in [-0.4, -0.2) is 33.4 Å². The van der Waals surface area contributed by atoms with Crippen molar-refractivity contribution in [1.82, 2.24) is 15.1 Å². The van der Waals surface area contributed by atoms with Gasteiger partial charge in [-0.1, -0.05) is 6.92 Å². The second kappa shape index (κ2) is 6.99. The summed E-state index contributed by atoms with van der Waals surface area (Å²) in [7, 11) is 0. The van der Waals surface area contributed by atoms with Crippen molar-refractivity contribution < 1.29 is 14.3 Å². The minimum atomic E-state index is -0.401. The summed E-state index contributed by atoms with van der Waals surface area (Å²) in [6.45, 7) is 2.29. The third kappa shape index (κ3) is 4.13. The molecule has 2 aromatic rings. The average Bonchev–Trinajstić information content (AvgIpc) is 2.97. The average molecular weight is 291 g/mol. The molecule has 6 heteroatoms. The maximum Gasteiger partial charge on any atom is 0.271 e. The van der Waals surface area contributed by atoms with Gasteiger partial charge in [-0.05, 0) is 43.2 Å². The standard InChI is InChI=1S/C15H18FN3O2/c1-2-13(20)7-9-17-15(21)14-8-10-19(18-14)12-5-3-11(16)4-6-12/h3-6,8,10,13,20H,2,7,9H2,1H3,(H,17,21). The number of halogens is 1. The van der Waals surface area contributed by atoms with Crippen LogP contribution in [-0.2, 0) is 0 Å². The van der Waals surface area contributed by atoms with Crippen LogP contribution in [0.4, 0.5) is 4.39 Å². The molecule has 0 bridgehead atoms. The van der Waals surface area contributed by atoms with E-state index >= 15 is 0 Å². The number of carbonyl (C=O) groups is 1. The number of aromatic nitrogens is 2. The van der Waals surface area contributed by atoms with E-state index in [1.807, 2.05) is 6.92 Å². The van der Waals surface area contributed by atoms with Gasteiger partial charge in [-0.15, -0.1) is 0 Å². The second-order valence-corrected chi connectivity index (χ2v) is 4.73. The predicted molar refractivity (Wildman–Crippen MR) is 76.8 cm³/mol. The van der Waals surface area contributed by atoms with Crippen LogP contribution in [0, 0.1) is 5.82 Å². The topological polar surface area (TPSA) is 67.2 Å². The van der Waals surface area contributed by atoms with Gasteiger partial charge in [0, 0.05) is 12.7 Å². The van der Waals surface area contributed by atoms with E-state index in [-0.39, 0.29) is 17.4 Å². The zero-order valence-corrected chi connectivity index (χ0v) is 11.8. The van der Waals surface area contributed by atoms with E-state index in [4.69, 9.17) is 0 Å². The van der Waals surface area contributed by atoms with Gasteiger partial charge in [-0.3, -0.25) is 4.79 Å². The van der Waals surface area contributed by atoms with Gasteiger partial charge in [-0.25, -0.2) is 9.07 Å². The molecule has 1 atom stereocenters. The largest absolute Gasteiger partial charge is 0.393 e. The predicted octanol–water partition coefficient (Wildman–Crippen LogP) is 1.90. The third-order valence-electron chi connectivity index (χ3n) is 3.15. The molecule has 0 radical (unpaired) electrons. The van der Waals surface area contributed by atoms with Crippen LogP contribution in [0.3, 0.4) is 0 Å². The number of rotatable bonds is 6. The van der Waals surface area contributed by atoms with Crippen LogP contribution in [0.25, 0.3) is 5.69 Å². The first-order valence-electron chi connectivity index (χ1n) is 6.88. The highest BCUT2D eigenvalue weighted by Gasteiger charge is 2.10. The van der Waals surface area contributed by atoms with Crippen molar-refractivity contribution in [3.8, 4) is 5.69 Å². The number of carbonyl (C=O) groups excluding carboxylic acids is 1. The normalized spacial score (nSPS) is 12.1. The van der Waals surface area contributed by atoms with Crippen molar-refractivity contribution in [3.05, 3.63) is 48.0 Å². The molecule has 2 N–H and O–H groups in total. The van der Waals surface area contributed by atoms with Gasteiger partial charge in [0.1, 0.15) is 5.82 Å². The van der Waals surface area contributed by atoms with Crippen LogP contribution in [0.15, 0.2) is 36.5 Å². The van der Waals surface area contributed by atoms with Crippen LogP contribution in [0.2, 0.25) is 0 Å². The van der Waals surface area contributed by atoms with Crippen molar-refractivity contribution in [3.63, 3.8) is 0 Å². The lowest BCUT2D eigenvalue weighted by molar-refractivity contribution is 0.0936. The van der Waals surface area contributed by atoms with Gasteiger partial charge in [0.25, 0.3) is 5.91 Å². The quantitative estimate of drug-likeness (QED) is 0.854. The summed E-state index contributed by atoms with van der Waals surface area (Å²) in [5, 5.41) is 16.3. The smallest absolute Gasteiger partial charge is 0.271 e. The Morgan fingerprint density at radius 3 is 2.76 bits per heavy atom. The van der Waals surface area contributed by atoms with Crippen molar-refractivity contribution in [2.24, 2.45) is 0 Å². The summed E-state index contributed by atoms with van der Waals surface area (Å²) in [5.41, 5.74) is 0.960. The van der Waals surface area contributed by atoms with Crippen molar-refractivity contribution in [2.75, 3.05) is 6.54 Å². The molecular weight excluding hydrogens is 273 g/mol. The van der Waals surface area contributed by atoms with Gasteiger partial charge in [-0.2, -0.15) is 5.10 Å². The van der Waals surface area contributed by atoms with E-state index in [2.05, 4.69) is 10.4 Å². The third-order valence-corrected chi connectivity index (χ3v) is 3.15. The van der Waals surface area contributed by atoms with Gasteiger partial charge >= 0.3 is 0 Å². The molecule has 1 aromatic carbocycles. The summed E-state index contributed by atoms with van der Waals surface area (Å²) in [6.07, 6.45) is 2.42. The number of aliphatic hydroxyl groups excluding tert-OH is 1. The summed E-state index contributed by atoms with van der Waals surface area (Å²) >= 11 is 0. The van der Waals surface area contributed by atoms with E-state index < -0.39 is 6.10 Å².